The van der Waals surface area contributed by atoms with Gasteiger partial charge in [-0.15, -0.1) is 6.58 Å². The lowest BCUT2D eigenvalue weighted by Gasteiger charge is -2.09. The van der Waals surface area contributed by atoms with E-state index >= 15 is 0 Å². The maximum absolute atomic E-state index is 5.59. The largest absolute Gasteiger partial charge is 0.492 e. The Morgan fingerprint density at radius 1 is 1.31 bits per heavy atom. The van der Waals surface area contributed by atoms with Gasteiger partial charge in [0, 0.05) is 13.1 Å². The fraction of sp³-hybridized carbons (Fsp3) is 0.429. The molecular formula is C14H21NO. The Hall–Kier alpha value is -1.28. The summed E-state index contributed by atoms with van der Waals surface area (Å²) in [7, 11) is 0. The highest BCUT2D eigenvalue weighted by Gasteiger charge is 1.98. The second kappa shape index (κ2) is 7.07. The highest BCUT2D eigenvalue weighted by atomic mass is 16.5. The first kappa shape index (κ1) is 12.8. The van der Waals surface area contributed by atoms with Gasteiger partial charge < -0.3 is 10.1 Å². The number of nitrogens with one attached hydrogen (secondary N) is 1. The summed E-state index contributed by atoms with van der Waals surface area (Å²) >= 11 is 0. The number of benzene rings is 1. The van der Waals surface area contributed by atoms with E-state index in [0.29, 0.717) is 12.5 Å². The minimum absolute atomic E-state index is 0.573. The third kappa shape index (κ3) is 4.49. The zero-order chi connectivity index (χ0) is 11.8. The van der Waals surface area contributed by atoms with Crippen molar-refractivity contribution >= 4 is 0 Å². The second-order valence-corrected chi connectivity index (χ2v) is 4.06. The molecule has 0 unspecified atom stereocenters. The van der Waals surface area contributed by atoms with E-state index in [1.54, 1.807) is 0 Å². The molecule has 0 amide bonds. The van der Waals surface area contributed by atoms with Gasteiger partial charge in [-0.1, -0.05) is 32.1 Å². The van der Waals surface area contributed by atoms with Gasteiger partial charge in [0.25, 0.3) is 0 Å². The van der Waals surface area contributed by atoms with E-state index in [1.165, 1.54) is 5.56 Å². The van der Waals surface area contributed by atoms with Crippen LogP contribution in [0.2, 0.25) is 0 Å². The standard InChI is InChI=1S/C14H21NO/c1-4-9-15-10-11-16-14-7-5-13(6-8-14)12(2)3/h4-8,12,15H,1,9-11H2,2-3H3. The molecule has 0 radical (unpaired) electrons. The van der Waals surface area contributed by atoms with Crippen molar-refractivity contribution in [1.82, 2.24) is 5.32 Å². The van der Waals surface area contributed by atoms with Gasteiger partial charge in [-0.05, 0) is 23.6 Å². The number of hydrogen-bond acceptors (Lipinski definition) is 2. The highest BCUT2D eigenvalue weighted by molar-refractivity contribution is 5.28. The molecule has 2 nitrogen and oxygen atoms in total. The van der Waals surface area contributed by atoms with E-state index in [-0.39, 0.29) is 0 Å². The summed E-state index contributed by atoms with van der Waals surface area (Å²) in [6.07, 6.45) is 1.84. The van der Waals surface area contributed by atoms with Crippen LogP contribution >= 0.6 is 0 Å². The zero-order valence-corrected chi connectivity index (χ0v) is 10.2. The molecule has 16 heavy (non-hydrogen) atoms. The molecule has 1 aromatic rings. The zero-order valence-electron chi connectivity index (χ0n) is 10.2. The van der Waals surface area contributed by atoms with E-state index < -0.39 is 0 Å². The van der Waals surface area contributed by atoms with E-state index in [1.807, 2.05) is 18.2 Å². The molecule has 1 N–H and O–H groups in total. The average Bonchev–Trinajstić information content (AvgIpc) is 2.29. The van der Waals surface area contributed by atoms with Crippen molar-refractivity contribution in [2.45, 2.75) is 19.8 Å². The van der Waals surface area contributed by atoms with Gasteiger partial charge >= 0.3 is 0 Å². The predicted octanol–water partition coefficient (Wildman–Crippen LogP) is 2.96. The van der Waals surface area contributed by atoms with E-state index in [4.69, 9.17) is 4.74 Å². The van der Waals surface area contributed by atoms with Crippen molar-refractivity contribution in [2.24, 2.45) is 0 Å². The third-order valence-corrected chi connectivity index (χ3v) is 2.38. The SMILES string of the molecule is C=CCNCCOc1ccc(C(C)C)cc1. The summed E-state index contributed by atoms with van der Waals surface area (Å²) in [5.74, 6) is 1.51. The molecule has 0 aliphatic carbocycles. The molecule has 0 atom stereocenters. The van der Waals surface area contributed by atoms with Crippen LogP contribution in [0.25, 0.3) is 0 Å². The Labute approximate surface area is 98.3 Å². The quantitative estimate of drug-likeness (QED) is 0.562. The van der Waals surface area contributed by atoms with Crippen molar-refractivity contribution in [3.05, 3.63) is 42.5 Å². The van der Waals surface area contributed by atoms with Gasteiger partial charge in [0.05, 0.1) is 0 Å². The first-order valence-electron chi connectivity index (χ1n) is 5.78. The fourth-order valence-corrected chi connectivity index (χ4v) is 1.39. The second-order valence-electron chi connectivity index (χ2n) is 4.06. The molecule has 0 heterocycles. The summed E-state index contributed by atoms with van der Waals surface area (Å²) in [5.41, 5.74) is 1.34. The molecule has 0 aliphatic rings. The topological polar surface area (TPSA) is 21.3 Å². The molecular weight excluding hydrogens is 198 g/mol. The molecule has 88 valence electrons. The maximum atomic E-state index is 5.59. The number of ether oxygens (including phenoxy) is 1. The van der Waals surface area contributed by atoms with Crippen LogP contribution in [-0.2, 0) is 0 Å². The Balaban J connectivity index is 2.29. The van der Waals surface area contributed by atoms with Crippen molar-refractivity contribution in [3.63, 3.8) is 0 Å². The molecule has 1 aromatic carbocycles. The lowest BCUT2D eigenvalue weighted by atomic mass is 10.0. The molecule has 0 fully saturated rings. The van der Waals surface area contributed by atoms with Gasteiger partial charge in [-0.25, -0.2) is 0 Å². The maximum Gasteiger partial charge on any atom is 0.119 e. The monoisotopic (exact) mass is 219 g/mol. The Bertz CT molecular complexity index is 303. The summed E-state index contributed by atoms with van der Waals surface area (Å²) in [6.45, 7) is 10.4. The first-order valence-corrected chi connectivity index (χ1v) is 5.78. The lowest BCUT2D eigenvalue weighted by Crippen LogP contribution is -2.20. The fourth-order valence-electron chi connectivity index (χ4n) is 1.39. The summed E-state index contributed by atoms with van der Waals surface area (Å²) in [4.78, 5) is 0. The summed E-state index contributed by atoms with van der Waals surface area (Å²) < 4.78 is 5.59. The van der Waals surface area contributed by atoms with Gasteiger partial charge in [-0.2, -0.15) is 0 Å². The Morgan fingerprint density at radius 2 is 2.00 bits per heavy atom. The first-order chi connectivity index (χ1) is 7.74. The molecule has 0 saturated carbocycles. The normalized spacial score (nSPS) is 10.4. The third-order valence-electron chi connectivity index (χ3n) is 2.38. The van der Waals surface area contributed by atoms with Crippen molar-refractivity contribution in [3.8, 4) is 5.75 Å². The summed E-state index contributed by atoms with van der Waals surface area (Å²) in [6, 6.07) is 8.31. The van der Waals surface area contributed by atoms with Crippen molar-refractivity contribution in [2.75, 3.05) is 19.7 Å². The molecule has 0 aliphatic heterocycles. The van der Waals surface area contributed by atoms with Crippen LogP contribution in [0.15, 0.2) is 36.9 Å². The number of hydrogen-bond donors (Lipinski definition) is 1. The van der Waals surface area contributed by atoms with Crippen LogP contribution in [0.4, 0.5) is 0 Å². The number of rotatable bonds is 7. The van der Waals surface area contributed by atoms with Gasteiger partial charge in [0.1, 0.15) is 12.4 Å². The van der Waals surface area contributed by atoms with Gasteiger partial charge in [-0.3, -0.25) is 0 Å². The van der Waals surface area contributed by atoms with Crippen LogP contribution < -0.4 is 10.1 Å². The lowest BCUT2D eigenvalue weighted by molar-refractivity contribution is 0.316. The molecule has 0 spiro atoms. The van der Waals surface area contributed by atoms with Crippen molar-refractivity contribution < 1.29 is 4.74 Å². The van der Waals surface area contributed by atoms with Crippen LogP contribution in [0.5, 0.6) is 5.75 Å². The molecule has 0 saturated heterocycles. The van der Waals surface area contributed by atoms with Crippen LogP contribution in [-0.4, -0.2) is 19.7 Å². The average molecular weight is 219 g/mol. The van der Waals surface area contributed by atoms with E-state index in [9.17, 15) is 0 Å². The molecule has 0 aromatic heterocycles. The predicted molar refractivity (Wildman–Crippen MR) is 69.1 cm³/mol. The van der Waals surface area contributed by atoms with Crippen LogP contribution in [0, 0.1) is 0 Å². The van der Waals surface area contributed by atoms with Crippen LogP contribution in [0.3, 0.4) is 0 Å². The van der Waals surface area contributed by atoms with E-state index in [2.05, 4.69) is 37.9 Å². The minimum Gasteiger partial charge on any atom is -0.492 e. The smallest absolute Gasteiger partial charge is 0.119 e. The molecule has 0 bridgehead atoms. The van der Waals surface area contributed by atoms with Crippen molar-refractivity contribution in [1.29, 1.82) is 0 Å². The Morgan fingerprint density at radius 3 is 2.56 bits per heavy atom. The molecule has 2 heteroatoms. The Kier molecular flexibility index (Phi) is 5.65. The molecule has 1 rings (SSSR count). The summed E-state index contributed by atoms with van der Waals surface area (Å²) in [5, 5.41) is 3.19. The minimum atomic E-state index is 0.573. The highest BCUT2D eigenvalue weighted by Crippen LogP contribution is 2.18. The van der Waals surface area contributed by atoms with Crippen LogP contribution in [0.1, 0.15) is 25.3 Å². The van der Waals surface area contributed by atoms with Gasteiger partial charge in [0.2, 0.25) is 0 Å². The van der Waals surface area contributed by atoms with E-state index in [0.717, 1.165) is 18.8 Å². The van der Waals surface area contributed by atoms with Gasteiger partial charge in [0.15, 0.2) is 0 Å².